The molecule has 0 unspecified atom stereocenters. The first-order valence-corrected chi connectivity index (χ1v) is 8.85. The highest BCUT2D eigenvalue weighted by molar-refractivity contribution is 7.89. The minimum Gasteiger partial charge on any atom is -0.316 e. The predicted octanol–water partition coefficient (Wildman–Crippen LogP) is 1.09. The van der Waals surface area contributed by atoms with Gasteiger partial charge in [0.2, 0.25) is 10.0 Å². The van der Waals surface area contributed by atoms with Crippen LogP contribution in [0, 0.1) is 6.92 Å². The number of nitrogens with zero attached hydrogens (tertiary/aromatic N) is 1. The average Bonchev–Trinajstić information content (AvgIpc) is 2.43. The van der Waals surface area contributed by atoms with Crippen molar-refractivity contribution in [3.63, 3.8) is 0 Å². The van der Waals surface area contributed by atoms with Crippen LogP contribution >= 0.6 is 0 Å². The third kappa shape index (κ3) is 4.26. The molecule has 2 rings (SSSR count). The first-order chi connectivity index (χ1) is 9.92. The maximum atomic E-state index is 12.5. The highest BCUT2D eigenvalue weighted by atomic mass is 32.2. The van der Waals surface area contributed by atoms with E-state index >= 15 is 0 Å². The van der Waals surface area contributed by atoms with Crippen molar-refractivity contribution in [3.8, 4) is 0 Å². The van der Waals surface area contributed by atoms with Crippen LogP contribution in [0.25, 0.3) is 0 Å². The number of rotatable bonds is 5. The van der Waals surface area contributed by atoms with Crippen molar-refractivity contribution in [2.24, 2.45) is 0 Å². The zero-order chi connectivity index (χ0) is 15.5. The van der Waals surface area contributed by atoms with Crippen LogP contribution in [0.1, 0.15) is 24.0 Å². The molecule has 0 radical (unpaired) electrons. The van der Waals surface area contributed by atoms with Gasteiger partial charge in [-0.3, -0.25) is 0 Å². The molecule has 1 aromatic carbocycles. The lowest BCUT2D eigenvalue weighted by Gasteiger charge is -2.29. The Bertz CT molecular complexity index is 579. The molecule has 1 aromatic rings. The van der Waals surface area contributed by atoms with E-state index in [4.69, 9.17) is 0 Å². The monoisotopic (exact) mass is 311 g/mol. The normalized spacial score (nSPS) is 18.0. The lowest BCUT2D eigenvalue weighted by Crippen LogP contribution is -2.43. The molecule has 5 nitrogen and oxygen atoms in total. The van der Waals surface area contributed by atoms with Gasteiger partial charge in [0.15, 0.2) is 0 Å². The van der Waals surface area contributed by atoms with Crippen LogP contribution < -0.4 is 10.0 Å². The van der Waals surface area contributed by atoms with Crippen LogP contribution in [0.5, 0.6) is 0 Å². The molecule has 0 aromatic heterocycles. The van der Waals surface area contributed by atoms with Gasteiger partial charge in [0.05, 0.1) is 4.90 Å². The zero-order valence-corrected chi connectivity index (χ0v) is 13.8. The van der Waals surface area contributed by atoms with E-state index in [-0.39, 0.29) is 6.04 Å². The van der Waals surface area contributed by atoms with Gasteiger partial charge in [0, 0.05) is 12.6 Å². The number of aryl methyl sites for hydroxylation is 1. The lowest BCUT2D eigenvalue weighted by atomic mass is 10.1. The Morgan fingerprint density at radius 3 is 2.57 bits per heavy atom. The van der Waals surface area contributed by atoms with Crippen LogP contribution in [-0.4, -0.2) is 46.5 Å². The van der Waals surface area contributed by atoms with Crippen molar-refractivity contribution in [1.29, 1.82) is 0 Å². The van der Waals surface area contributed by atoms with E-state index in [9.17, 15) is 8.42 Å². The van der Waals surface area contributed by atoms with Gasteiger partial charge >= 0.3 is 0 Å². The van der Waals surface area contributed by atoms with Crippen molar-refractivity contribution < 1.29 is 8.42 Å². The Kier molecular flexibility index (Phi) is 5.37. The SMILES string of the molecule is CNCc1cc(S(=O)(=O)NC2CCN(C)CC2)ccc1C. The fourth-order valence-electron chi connectivity index (χ4n) is 2.61. The Hall–Kier alpha value is -0.950. The number of piperidine rings is 1. The van der Waals surface area contributed by atoms with Gasteiger partial charge in [-0.25, -0.2) is 13.1 Å². The highest BCUT2D eigenvalue weighted by Crippen LogP contribution is 2.18. The molecule has 1 aliphatic rings. The molecule has 1 fully saturated rings. The van der Waals surface area contributed by atoms with Gasteiger partial charge in [0.1, 0.15) is 0 Å². The third-order valence-corrected chi connectivity index (χ3v) is 5.56. The summed E-state index contributed by atoms with van der Waals surface area (Å²) in [6, 6.07) is 5.37. The number of sulfonamides is 1. The second-order valence-corrected chi connectivity index (χ2v) is 7.53. The first kappa shape index (κ1) is 16.4. The van der Waals surface area contributed by atoms with E-state index in [0.29, 0.717) is 11.4 Å². The Balaban J connectivity index is 2.13. The Morgan fingerprint density at radius 2 is 1.95 bits per heavy atom. The van der Waals surface area contributed by atoms with Crippen molar-refractivity contribution in [1.82, 2.24) is 14.9 Å². The minimum atomic E-state index is -3.43. The van der Waals surface area contributed by atoms with Crippen LogP contribution in [0.3, 0.4) is 0 Å². The molecule has 0 saturated carbocycles. The van der Waals surface area contributed by atoms with Gasteiger partial charge in [0.25, 0.3) is 0 Å². The molecule has 118 valence electrons. The maximum absolute atomic E-state index is 12.5. The second-order valence-electron chi connectivity index (χ2n) is 5.82. The molecule has 2 N–H and O–H groups in total. The summed E-state index contributed by atoms with van der Waals surface area (Å²) in [4.78, 5) is 2.58. The summed E-state index contributed by atoms with van der Waals surface area (Å²) in [5.74, 6) is 0. The van der Waals surface area contributed by atoms with Gasteiger partial charge < -0.3 is 10.2 Å². The van der Waals surface area contributed by atoms with Crippen LogP contribution in [0.15, 0.2) is 23.1 Å². The molecule has 0 spiro atoms. The molecule has 21 heavy (non-hydrogen) atoms. The minimum absolute atomic E-state index is 0.0419. The van der Waals surface area contributed by atoms with E-state index in [1.165, 1.54) is 0 Å². The maximum Gasteiger partial charge on any atom is 0.240 e. The zero-order valence-electron chi connectivity index (χ0n) is 13.0. The smallest absolute Gasteiger partial charge is 0.240 e. The van der Waals surface area contributed by atoms with Crippen molar-refractivity contribution in [2.75, 3.05) is 27.2 Å². The van der Waals surface area contributed by atoms with Gasteiger partial charge in [-0.1, -0.05) is 6.07 Å². The number of hydrogen-bond acceptors (Lipinski definition) is 4. The summed E-state index contributed by atoms with van der Waals surface area (Å²) in [5.41, 5.74) is 2.12. The van der Waals surface area contributed by atoms with E-state index < -0.39 is 10.0 Å². The summed E-state index contributed by atoms with van der Waals surface area (Å²) >= 11 is 0. The average molecular weight is 311 g/mol. The Morgan fingerprint density at radius 1 is 1.29 bits per heavy atom. The molecule has 0 atom stereocenters. The third-order valence-electron chi connectivity index (χ3n) is 4.04. The quantitative estimate of drug-likeness (QED) is 0.854. The van der Waals surface area contributed by atoms with E-state index in [1.807, 2.05) is 20.0 Å². The number of likely N-dealkylation sites (tertiary alicyclic amines) is 1. The number of hydrogen-bond donors (Lipinski definition) is 2. The molecule has 6 heteroatoms. The van der Waals surface area contributed by atoms with Crippen molar-refractivity contribution >= 4 is 10.0 Å². The number of nitrogens with one attached hydrogen (secondary N) is 2. The topological polar surface area (TPSA) is 61.4 Å². The summed E-state index contributed by atoms with van der Waals surface area (Å²) in [6.07, 6.45) is 1.73. The lowest BCUT2D eigenvalue weighted by molar-refractivity contribution is 0.248. The Labute approximate surface area is 127 Å². The summed E-state index contributed by atoms with van der Waals surface area (Å²) in [5, 5.41) is 3.07. The largest absolute Gasteiger partial charge is 0.316 e. The summed E-state index contributed by atoms with van der Waals surface area (Å²) in [6.45, 7) is 4.54. The van der Waals surface area contributed by atoms with Crippen LogP contribution in [-0.2, 0) is 16.6 Å². The standard InChI is InChI=1S/C15H25N3O2S/c1-12-4-5-15(10-13(12)11-16-2)21(19,20)17-14-6-8-18(3)9-7-14/h4-5,10,14,16-17H,6-9,11H2,1-3H3. The fourth-order valence-corrected chi connectivity index (χ4v) is 3.97. The summed E-state index contributed by atoms with van der Waals surface area (Å²) < 4.78 is 27.9. The molecule has 1 aliphatic heterocycles. The van der Waals surface area contributed by atoms with E-state index in [1.54, 1.807) is 12.1 Å². The molecule has 0 amide bonds. The summed E-state index contributed by atoms with van der Waals surface area (Å²) in [7, 11) is 0.491. The van der Waals surface area contributed by atoms with Crippen molar-refractivity contribution in [3.05, 3.63) is 29.3 Å². The molecule has 0 aliphatic carbocycles. The van der Waals surface area contributed by atoms with Crippen LogP contribution in [0.4, 0.5) is 0 Å². The number of benzene rings is 1. The predicted molar refractivity (Wildman–Crippen MR) is 84.8 cm³/mol. The van der Waals surface area contributed by atoms with Gasteiger partial charge in [-0.2, -0.15) is 0 Å². The second kappa shape index (κ2) is 6.87. The molecular formula is C15H25N3O2S. The first-order valence-electron chi connectivity index (χ1n) is 7.37. The molecular weight excluding hydrogens is 286 g/mol. The molecule has 1 heterocycles. The van der Waals surface area contributed by atoms with E-state index in [2.05, 4.69) is 22.0 Å². The highest BCUT2D eigenvalue weighted by Gasteiger charge is 2.23. The van der Waals surface area contributed by atoms with Crippen molar-refractivity contribution in [2.45, 2.75) is 37.2 Å². The van der Waals surface area contributed by atoms with Gasteiger partial charge in [-0.15, -0.1) is 0 Å². The molecule has 1 saturated heterocycles. The molecule has 0 bridgehead atoms. The van der Waals surface area contributed by atoms with E-state index in [0.717, 1.165) is 37.1 Å². The van der Waals surface area contributed by atoms with Crippen LogP contribution in [0.2, 0.25) is 0 Å². The fraction of sp³-hybridized carbons (Fsp3) is 0.600. The van der Waals surface area contributed by atoms with Gasteiger partial charge in [-0.05, 0) is 70.2 Å².